The molecule has 0 rings (SSSR count). The maximum absolute atomic E-state index is 5.54. The van der Waals surface area contributed by atoms with Gasteiger partial charge in [0.05, 0.1) is 6.61 Å². The Hall–Kier alpha value is -0.120. The summed E-state index contributed by atoms with van der Waals surface area (Å²) in [4.78, 5) is 2.53. The van der Waals surface area contributed by atoms with E-state index in [0.717, 1.165) is 32.0 Å². The third-order valence-corrected chi connectivity index (χ3v) is 3.24. The summed E-state index contributed by atoms with van der Waals surface area (Å²) in [7, 11) is 1.77. The molecule has 2 unspecified atom stereocenters. The molecule has 0 saturated carbocycles. The van der Waals surface area contributed by atoms with Crippen molar-refractivity contribution in [2.45, 2.75) is 46.1 Å². The molecule has 2 N–H and O–H groups in total. The van der Waals surface area contributed by atoms with Gasteiger partial charge in [0.1, 0.15) is 0 Å². The van der Waals surface area contributed by atoms with E-state index in [1.807, 2.05) is 0 Å². The summed E-state index contributed by atoms with van der Waals surface area (Å²) >= 11 is 0. The molecule has 16 heavy (non-hydrogen) atoms. The van der Waals surface area contributed by atoms with Crippen molar-refractivity contribution in [2.75, 3.05) is 33.4 Å². The average molecular weight is 230 g/mol. The van der Waals surface area contributed by atoms with Crippen LogP contribution in [0.15, 0.2) is 0 Å². The summed E-state index contributed by atoms with van der Waals surface area (Å²) < 4.78 is 5.17. The highest BCUT2D eigenvalue weighted by atomic mass is 16.5. The summed E-state index contributed by atoms with van der Waals surface area (Å²) in [5, 5.41) is 0. The number of nitrogens with two attached hydrogens (primary N) is 1. The smallest absolute Gasteiger partial charge is 0.0589 e. The molecule has 0 spiro atoms. The van der Waals surface area contributed by atoms with Gasteiger partial charge in [-0.1, -0.05) is 13.8 Å². The van der Waals surface area contributed by atoms with E-state index >= 15 is 0 Å². The molecule has 3 heteroatoms. The van der Waals surface area contributed by atoms with Gasteiger partial charge in [0.15, 0.2) is 0 Å². The lowest BCUT2D eigenvalue weighted by molar-refractivity contribution is 0.110. The first-order valence-electron chi connectivity index (χ1n) is 6.58. The van der Waals surface area contributed by atoms with Gasteiger partial charge in [-0.25, -0.2) is 0 Å². The van der Waals surface area contributed by atoms with E-state index in [9.17, 15) is 0 Å². The van der Waals surface area contributed by atoms with Crippen LogP contribution in [0.1, 0.15) is 40.0 Å². The Morgan fingerprint density at radius 2 is 2.00 bits per heavy atom. The minimum atomic E-state index is 0.649. The van der Waals surface area contributed by atoms with Gasteiger partial charge in [0.25, 0.3) is 0 Å². The second kappa shape index (κ2) is 10.1. The van der Waals surface area contributed by atoms with Gasteiger partial charge >= 0.3 is 0 Å². The summed E-state index contributed by atoms with van der Waals surface area (Å²) in [5.74, 6) is 0.731. The monoisotopic (exact) mass is 230 g/mol. The lowest BCUT2D eigenvalue weighted by Crippen LogP contribution is -2.38. The van der Waals surface area contributed by atoms with Gasteiger partial charge in [-0.05, 0) is 38.6 Å². The van der Waals surface area contributed by atoms with Crippen molar-refractivity contribution < 1.29 is 4.74 Å². The van der Waals surface area contributed by atoms with Gasteiger partial charge in [-0.3, -0.25) is 4.90 Å². The van der Waals surface area contributed by atoms with Crippen molar-refractivity contribution in [1.82, 2.24) is 4.90 Å². The molecular formula is C13H30N2O. The van der Waals surface area contributed by atoms with Crippen LogP contribution >= 0.6 is 0 Å². The van der Waals surface area contributed by atoms with E-state index in [0.29, 0.717) is 6.04 Å². The van der Waals surface area contributed by atoms with E-state index in [4.69, 9.17) is 10.5 Å². The van der Waals surface area contributed by atoms with E-state index in [1.165, 1.54) is 19.4 Å². The maximum atomic E-state index is 5.54. The SMILES string of the molecule is CCC(C)N(CCOC)CC(C)CCCN. The Morgan fingerprint density at radius 1 is 1.31 bits per heavy atom. The zero-order valence-electron chi connectivity index (χ0n) is 11.5. The van der Waals surface area contributed by atoms with E-state index < -0.39 is 0 Å². The van der Waals surface area contributed by atoms with E-state index in [-0.39, 0.29) is 0 Å². The molecule has 0 fully saturated rings. The first-order valence-corrected chi connectivity index (χ1v) is 6.58. The van der Waals surface area contributed by atoms with Crippen molar-refractivity contribution >= 4 is 0 Å². The fraction of sp³-hybridized carbons (Fsp3) is 1.00. The number of methoxy groups -OCH3 is 1. The second-order valence-electron chi connectivity index (χ2n) is 4.78. The standard InChI is InChI=1S/C13H30N2O/c1-5-13(3)15(9-10-16-4)11-12(2)7-6-8-14/h12-13H,5-11,14H2,1-4H3. The Labute approximate surface area is 101 Å². The van der Waals surface area contributed by atoms with E-state index in [1.54, 1.807) is 7.11 Å². The summed E-state index contributed by atoms with van der Waals surface area (Å²) in [5.41, 5.74) is 5.54. The van der Waals surface area contributed by atoms with Gasteiger partial charge in [0, 0.05) is 26.2 Å². The van der Waals surface area contributed by atoms with Crippen LogP contribution in [0.2, 0.25) is 0 Å². The third-order valence-electron chi connectivity index (χ3n) is 3.24. The average Bonchev–Trinajstić information content (AvgIpc) is 2.30. The molecule has 0 heterocycles. The number of ether oxygens (including phenoxy) is 1. The number of hydrogen-bond acceptors (Lipinski definition) is 3. The lowest BCUT2D eigenvalue weighted by Gasteiger charge is -2.30. The topological polar surface area (TPSA) is 38.5 Å². The Morgan fingerprint density at radius 3 is 2.50 bits per heavy atom. The van der Waals surface area contributed by atoms with Crippen molar-refractivity contribution in [1.29, 1.82) is 0 Å². The van der Waals surface area contributed by atoms with Crippen LogP contribution in [0.5, 0.6) is 0 Å². The highest BCUT2D eigenvalue weighted by Gasteiger charge is 2.14. The quantitative estimate of drug-likeness (QED) is 0.625. The molecule has 0 aliphatic heterocycles. The van der Waals surface area contributed by atoms with Gasteiger partial charge in [0.2, 0.25) is 0 Å². The maximum Gasteiger partial charge on any atom is 0.0589 e. The summed E-state index contributed by atoms with van der Waals surface area (Å²) in [6.45, 7) is 10.7. The molecule has 0 amide bonds. The van der Waals surface area contributed by atoms with Crippen molar-refractivity contribution in [3.8, 4) is 0 Å². The first kappa shape index (κ1) is 15.9. The molecule has 0 aromatic carbocycles. The Balaban J connectivity index is 3.97. The molecular weight excluding hydrogens is 200 g/mol. The number of hydrogen-bond donors (Lipinski definition) is 1. The molecule has 0 aromatic rings. The first-order chi connectivity index (χ1) is 7.65. The molecule has 2 atom stereocenters. The van der Waals surface area contributed by atoms with Gasteiger partial charge in [-0.15, -0.1) is 0 Å². The van der Waals surface area contributed by atoms with Crippen LogP contribution < -0.4 is 5.73 Å². The lowest BCUT2D eigenvalue weighted by atomic mass is 10.0. The van der Waals surface area contributed by atoms with Crippen molar-refractivity contribution in [3.05, 3.63) is 0 Å². The Kier molecular flexibility index (Phi) is 9.99. The molecule has 3 nitrogen and oxygen atoms in total. The zero-order valence-corrected chi connectivity index (χ0v) is 11.5. The molecule has 0 aliphatic rings. The van der Waals surface area contributed by atoms with E-state index in [2.05, 4.69) is 25.7 Å². The zero-order chi connectivity index (χ0) is 12.4. The fourth-order valence-electron chi connectivity index (χ4n) is 1.92. The largest absolute Gasteiger partial charge is 0.383 e. The Bertz CT molecular complexity index is 153. The molecule has 0 radical (unpaired) electrons. The highest BCUT2D eigenvalue weighted by Crippen LogP contribution is 2.11. The fourth-order valence-corrected chi connectivity index (χ4v) is 1.92. The molecule has 0 aromatic heterocycles. The van der Waals surface area contributed by atoms with Crippen molar-refractivity contribution in [2.24, 2.45) is 11.7 Å². The van der Waals surface area contributed by atoms with Crippen LogP contribution in [0.4, 0.5) is 0 Å². The van der Waals surface area contributed by atoms with Crippen molar-refractivity contribution in [3.63, 3.8) is 0 Å². The van der Waals surface area contributed by atoms with Crippen LogP contribution in [-0.4, -0.2) is 44.3 Å². The summed E-state index contributed by atoms with van der Waals surface area (Å²) in [6, 6.07) is 0.649. The van der Waals surface area contributed by atoms with Crippen LogP contribution in [-0.2, 0) is 4.74 Å². The molecule has 0 bridgehead atoms. The minimum Gasteiger partial charge on any atom is -0.383 e. The minimum absolute atomic E-state index is 0.649. The van der Waals surface area contributed by atoms with Crippen LogP contribution in [0.25, 0.3) is 0 Å². The van der Waals surface area contributed by atoms with Gasteiger partial charge < -0.3 is 10.5 Å². The molecule has 0 saturated heterocycles. The normalized spacial score (nSPS) is 15.4. The summed E-state index contributed by atoms with van der Waals surface area (Å²) in [6.07, 6.45) is 3.57. The molecule has 98 valence electrons. The third kappa shape index (κ3) is 7.20. The van der Waals surface area contributed by atoms with Crippen LogP contribution in [0.3, 0.4) is 0 Å². The highest BCUT2D eigenvalue weighted by molar-refractivity contribution is 4.69. The number of nitrogens with zero attached hydrogens (tertiary/aromatic N) is 1. The predicted molar refractivity (Wildman–Crippen MR) is 70.7 cm³/mol. The second-order valence-corrected chi connectivity index (χ2v) is 4.78. The van der Waals surface area contributed by atoms with Crippen LogP contribution in [0, 0.1) is 5.92 Å². The predicted octanol–water partition coefficient (Wildman–Crippen LogP) is 2.11. The molecule has 0 aliphatic carbocycles. The van der Waals surface area contributed by atoms with Gasteiger partial charge in [-0.2, -0.15) is 0 Å². The number of rotatable bonds is 10.